The Balaban J connectivity index is 1.66. The molecule has 150 valence electrons. The first-order valence-corrected chi connectivity index (χ1v) is 9.80. The van der Waals surface area contributed by atoms with Gasteiger partial charge in [0.2, 0.25) is 5.91 Å². The van der Waals surface area contributed by atoms with Gasteiger partial charge in [-0.25, -0.2) is 9.37 Å². The molecule has 30 heavy (non-hydrogen) atoms. The van der Waals surface area contributed by atoms with Crippen LogP contribution in [-0.2, 0) is 17.8 Å². The molecule has 7 nitrogen and oxygen atoms in total. The summed E-state index contributed by atoms with van der Waals surface area (Å²) in [6, 6.07) is 14.1. The van der Waals surface area contributed by atoms with Gasteiger partial charge in [-0.1, -0.05) is 35.6 Å². The fourth-order valence-corrected chi connectivity index (χ4v) is 3.96. The lowest BCUT2D eigenvalue weighted by Crippen LogP contribution is -2.31. The predicted octanol–water partition coefficient (Wildman–Crippen LogP) is 4.51. The number of aromatic nitrogens is 2. The molecule has 0 radical (unpaired) electrons. The Morgan fingerprint density at radius 2 is 1.90 bits per heavy atom. The second-order valence-corrected chi connectivity index (χ2v) is 7.53. The van der Waals surface area contributed by atoms with E-state index in [1.165, 1.54) is 34.4 Å². The molecule has 1 amide bonds. The Bertz CT molecular complexity index is 1210. The predicted molar refractivity (Wildman–Crippen MR) is 112 cm³/mol. The van der Waals surface area contributed by atoms with Crippen LogP contribution in [0.1, 0.15) is 11.1 Å². The van der Waals surface area contributed by atoms with Crippen LogP contribution in [0, 0.1) is 15.9 Å². The summed E-state index contributed by atoms with van der Waals surface area (Å²) in [6.07, 6.45) is 3.32. The lowest BCUT2D eigenvalue weighted by molar-refractivity contribution is -0.384. The van der Waals surface area contributed by atoms with E-state index in [9.17, 15) is 19.3 Å². The second-order valence-electron chi connectivity index (χ2n) is 6.52. The van der Waals surface area contributed by atoms with Crippen LogP contribution in [0.3, 0.4) is 0 Å². The molecular weight excluding hydrogens is 407 g/mol. The van der Waals surface area contributed by atoms with Crippen LogP contribution < -0.4 is 4.90 Å². The van der Waals surface area contributed by atoms with Crippen molar-refractivity contribution in [3.63, 3.8) is 0 Å². The van der Waals surface area contributed by atoms with Gasteiger partial charge in [0.1, 0.15) is 11.3 Å². The number of pyridine rings is 1. The molecule has 0 aliphatic rings. The lowest BCUT2D eigenvalue weighted by atomic mass is 10.1. The topological polar surface area (TPSA) is 89.2 Å². The monoisotopic (exact) mass is 422 g/mol. The highest BCUT2D eigenvalue weighted by atomic mass is 32.1. The number of non-ortho nitro benzene ring substituents is 1. The van der Waals surface area contributed by atoms with E-state index in [4.69, 9.17) is 0 Å². The van der Waals surface area contributed by atoms with Gasteiger partial charge in [0.25, 0.3) is 5.69 Å². The summed E-state index contributed by atoms with van der Waals surface area (Å²) < 4.78 is 14.8. The molecule has 0 bridgehead atoms. The number of thiazole rings is 1. The van der Waals surface area contributed by atoms with Gasteiger partial charge >= 0.3 is 0 Å². The van der Waals surface area contributed by atoms with E-state index in [2.05, 4.69) is 9.97 Å². The zero-order chi connectivity index (χ0) is 21.1. The van der Waals surface area contributed by atoms with Gasteiger partial charge in [-0.3, -0.25) is 24.8 Å². The van der Waals surface area contributed by atoms with E-state index >= 15 is 0 Å². The number of nitro groups is 1. The summed E-state index contributed by atoms with van der Waals surface area (Å²) in [5.41, 5.74) is 1.61. The van der Waals surface area contributed by atoms with Crippen molar-refractivity contribution in [3.05, 3.63) is 94.0 Å². The molecule has 4 aromatic rings. The van der Waals surface area contributed by atoms with E-state index in [0.29, 0.717) is 15.4 Å². The third-order valence-electron chi connectivity index (χ3n) is 4.46. The fourth-order valence-electron chi connectivity index (χ4n) is 2.96. The molecule has 0 N–H and O–H groups in total. The third kappa shape index (κ3) is 4.15. The molecule has 9 heteroatoms. The molecule has 2 aromatic carbocycles. The van der Waals surface area contributed by atoms with Crippen molar-refractivity contribution in [2.24, 2.45) is 0 Å². The second kappa shape index (κ2) is 8.34. The average molecular weight is 422 g/mol. The number of halogens is 1. The molecule has 2 heterocycles. The highest BCUT2D eigenvalue weighted by Gasteiger charge is 2.22. The van der Waals surface area contributed by atoms with Crippen LogP contribution in [0.4, 0.5) is 15.2 Å². The van der Waals surface area contributed by atoms with Gasteiger partial charge in [0.15, 0.2) is 5.13 Å². The first kappa shape index (κ1) is 19.6. The Morgan fingerprint density at radius 3 is 2.57 bits per heavy atom. The third-order valence-corrected chi connectivity index (χ3v) is 5.50. The highest BCUT2D eigenvalue weighted by molar-refractivity contribution is 7.22. The van der Waals surface area contributed by atoms with Crippen LogP contribution in [-0.4, -0.2) is 20.8 Å². The minimum atomic E-state index is -0.490. The maximum absolute atomic E-state index is 14.1. The molecule has 4 rings (SSSR count). The van der Waals surface area contributed by atoms with Crippen LogP contribution in [0.25, 0.3) is 10.2 Å². The Hall–Kier alpha value is -3.72. The molecule has 0 aliphatic carbocycles. The molecule has 0 saturated heterocycles. The summed E-state index contributed by atoms with van der Waals surface area (Å²) in [6.45, 7) is 0.223. The van der Waals surface area contributed by atoms with Crippen LogP contribution in [0.5, 0.6) is 0 Å². The van der Waals surface area contributed by atoms with Gasteiger partial charge in [-0.2, -0.15) is 0 Å². The summed E-state index contributed by atoms with van der Waals surface area (Å²) in [5, 5.41) is 11.2. The van der Waals surface area contributed by atoms with Crippen LogP contribution in [0.2, 0.25) is 0 Å². The summed E-state index contributed by atoms with van der Waals surface area (Å²) in [5.74, 6) is -0.702. The Morgan fingerprint density at radius 1 is 1.10 bits per heavy atom. The number of carbonyl (C=O) groups is 1. The minimum Gasteiger partial charge on any atom is -0.283 e. The van der Waals surface area contributed by atoms with Gasteiger partial charge in [0, 0.05) is 24.5 Å². The number of rotatable bonds is 6. The fraction of sp³-hybridized carbons (Fsp3) is 0.0952. The number of carbonyl (C=O) groups excluding carboxylic acids is 1. The van der Waals surface area contributed by atoms with Crippen molar-refractivity contribution in [3.8, 4) is 0 Å². The first-order valence-electron chi connectivity index (χ1n) is 8.99. The normalized spacial score (nSPS) is 10.8. The van der Waals surface area contributed by atoms with E-state index in [-0.39, 0.29) is 30.1 Å². The number of para-hydroxylation sites is 1. The summed E-state index contributed by atoms with van der Waals surface area (Å²) >= 11 is 1.23. The highest BCUT2D eigenvalue weighted by Crippen LogP contribution is 2.31. The van der Waals surface area contributed by atoms with Crippen LogP contribution in [0.15, 0.2) is 67.0 Å². The van der Waals surface area contributed by atoms with Gasteiger partial charge in [-0.15, -0.1) is 0 Å². The van der Waals surface area contributed by atoms with Crippen LogP contribution >= 0.6 is 11.3 Å². The smallest absolute Gasteiger partial charge is 0.269 e. The van der Waals surface area contributed by atoms with E-state index < -0.39 is 10.7 Å². The quantitative estimate of drug-likeness (QED) is 0.337. The van der Waals surface area contributed by atoms with Crippen molar-refractivity contribution in [2.75, 3.05) is 4.90 Å². The molecule has 0 saturated carbocycles. The van der Waals surface area contributed by atoms with Gasteiger partial charge < -0.3 is 0 Å². The number of nitro benzene ring substituents is 1. The van der Waals surface area contributed by atoms with E-state index in [0.717, 1.165) is 5.56 Å². The van der Waals surface area contributed by atoms with Gasteiger partial charge in [0.05, 0.1) is 22.6 Å². The van der Waals surface area contributed by atoms with Crippen molar-refractivity contribution in [1.82, 2.24) is 9.97 Å². The van der Waals surface area contributed by atoms with Crippen molar-refractivity contribution >= 4 is 38.3 Å². The van der Waals surface area contributed by atoms with Crippen molar-refractivity contribution in [2.45, 2.75) is 13.0 Å². The largest absolute Gasteiger partial charge is 0.283 e. The zero-order valence-electron chi connectivity index (χ0n) is 15.6. The standard InChI is InChI=1S/C21H15FN4O3S/c22-17-4-1-5-18-20(17)24-21(30-18)25(13-15-3-2-10-23-12-15)19(27)11-14-6-8-16(9-7-14)26(28)29/h1-10,12H,11,13H2. The minimum absolute atomic E-state index is 0.0245. The molecule has 0 atom stereocenters. The number of amides is 1. The molecule has 0 fully saturated rings. The summed E-state index contributed by atoms with van der Waals surface area (Å²) in [4.78, 5) is 33.4. The number of fused-ring (bicyclic) bond motifs is 1. The summed E-state index contributed by atoms with van der Waals surface area (Å²) in [7, 11) is 0. The Labute approximate surface area is 174 Å². The van der Waals surface area contributed by atoms with Crippen molar-refractivity contribution in [1.29, 1.82) is 0 Å². The molecule has 0 unspecified atom stereocenters. The van der Waals surface area contributed by atoms with E-state index in [1.54, 1.807) is 42.7 Å². The molecule has 0 aliphatic heterocycles. The van der Waals surface area contributed by atoms with Gasteiger partial charge in [-0.05, 0) is 29.3 Å². The van der Waals surface area contributed by atoms with E-state index in [1.807, 2.05) is 6.07 Å². The number of nitrogens with zero attached hydrogens (tertiary/aromatic N) is 4. The van der Waals surface area contributed by atoms with Crippen molar-refractivity contribution < 1.29 is 14.1 Å². The molecular formula is C21H15FN4O3S. The molecule has 0 spiro atoms. The molecule has 2 aromatic heterocycles. The lowest BCUT2D eigenvalue weighted by Gasteiger charge is -2.20. The average Bonchev–Trinajstić information content (AvgIpc) is 3.18. The maximum Gasteiger partial charge on any atom is 0.269 e. The number of anilines is 1. The SMILES string of the molecule is O=C(Cc1ccc([N+](=O)[O-])cc1)N(Cc1cccnc1)c1nc2c(F)cccc2s1. The zero-order valence-corrected chi connectivity index (χ0v) is 16.4. The number of hydrogen-bond acceptors (Lipinski definition) is 6. The first-order chi connectivity index (χ1) is 14.5. The maximum atomic E-state index is 14.1. The number of benzene rings is 2. The Kier molecular flexibility index (Phi) is 5.44. The number of hydrogen-bond donors (Lipinski definition) is 0.